The number of fused-ring (bicyclic) bond motifs is 1. The van der Waals surface area contributed by atoms with Gasteiger partial charge in [0.25, 0.3) is 0 Å². The quantitative estimate of drug-likeness (QED) is 0.875. The Hall–Kier alpha value is -1.78. The fraction of sp³-hybridized carbons (Fsp3) is 0.417. The molecule has 1 N–H and O–H groups in total. The molecule has 1 aliphatic rings. The molecular weight excluding hydrogens is 225 g/mol. The number of hydrogen-bond acceptors (Lipinski definition) is 3. The Morgan fingerprint density at radius 2 is 2.41 bits per heavy atom. The van der Waals surface area contributed by atoms with E-state index in [2.05, 4.69) is 0 Å². The Kier molecular flexibility index (Phi) is 3.17. The zero-order valence-electron chi connectivity index (χ0n) is 9.52. The molecule has 1 aliphatic heterocycles. The first-order valence-corrected chi connectivity index (χ1v) is 5.53. The molecule has 0 bridgehead atoms. The van der Waals surface area contributed by atoms with Gasteiger partial charge in [-0.2, -0.15) is 0 Å². The lowest BCUT2D eigenvalue weighted by Crippen LogP contribution is -2.42. The second-order valence-electron chi connectivity index (χ2n) is 4.03. The monoisotopic (exact) mass is 239 g/mol. The van der Waals surface area contributed by atoms with Gasteiger partial charge in [0, 0.05) is 6.07 Å². The Balaban J connectivity index is 2.33. The molecule has 1 unspecified atom stereocenters. The van der Waals surface area contributed by atoms with Crippen LogP contribution in [0.2, 0.25) is 0 Å². The van der Waals surface area contributed by atoms with Gasteiger partial charge in [0.05, 0.1) is 12.2 Å². The summed E-state index contributed by atoms with van der Waals surface area (Å²) in [5, 5.41) is 8.84. The second kappa shape index (κ2) is 4.61. The molecule has 4 nitrogen and oxygen atoms in total. The van der Waals surface area contributed by atoms with Crippen LogP contribution < -0.4 is 9.64 Å². The van der Waals surface area contributed by atoms with E-state index in [1.54, 1.807) is 11.0 Å². The largest absolute Gasteiger partial charge is 0.486 e. The first-order chi connectivity index (χ1) is 8.10. The lowest BCUT2D eigenvalue weighted by molar-refractivity contribution is -0.135. The fourth-order valence-electron chi connectivity index (χ4n) is 1.92. The van der Waals surface area contributed by atoms with Gasteiger partial charge in [-0.15, -0.1) is 0 Å². The zero-order chi connectivity index (χ0) is 12.4. The number of carboxylic acid groups (broad SMARTS) is 1. The Morgan fingerprint density at radius 3 is 3.06 bits per heavy atom. The molecule has 1 heterocycles. The van der Waals surface area contributed by atoms with E-state index in [1.807, 2.05) is 6.92 Å². The molecule has 0 amide bonds. The third-order valence-corrected chi connectivity index (χ3v) is 2.76. The summed E-state index contributed by atoms with van der Waals surface area (Å²) in [5.41, 5.74) is 0.511. The summed E-state index contributed by atoms with van der Waals surface area (Å²) in [7, 11) is 0. The summed E-state index contributed by atoms with van der Waals surface area (Å²) in [6.45, 7) is 2.30. The Labute approximate surface area is 98.6 Å². The van der Waals surface area contributed by atoms with Crippen LogP contribution >= 0.6 is 0 Å². The SMILES string of the molecule is CCC1CN(CC(=O)O)c2cc(F)ccc2O1. The highest BCUT2D eigenvalue weighted by Crippen LogP contribution is 2.34. The van der Waals surface area contributed by atoms with Crippen molar-refractivity contribution in [2.75, 3.05) is 18.0 Å². The van der Waals surface area contributed by atoms with Crippen molar-refractivity contribution < 1.29 is 19.0 Å². The van der Waals surface area contributed by atoms with E-state index in [0.29, 0.717) is 18.0 Å². The van der Waals surface area contributed by atoms with Crippen LogP contribution in [-0.2, 0) is 4.79 Å². The van der Waals surface area contributed by atoms with Gasteiger partial charge in [0.1, 0.15) is 24.2 Å². The van der Waals surface area contributed by atoms with Gasteiger partial charge in [-0.05, 0) is 18.6 Å². The maximum absolute atomic E-state index is 13.2. The Morgan fingerprint density at radius 1 is 1.65 bits per heavy atom. The number of carboxylic acids is 1. The topological polar surface area (TPSA) is 49.8 Å². The van der Waals surface area contributed by atoms with Crippen molar-refractivity contribution in [3.05, 3.63) is 24.0 Å². The predicted octanol–water partition coefficient (Wildman–Crippen LogP) is 1.89. The number of nitrogens with zero attached hydrogens (tertiary/aromatic N) is 1. The van der Waals surface area contributed by atoms with Crippen LogP contribution in [0.5, 0.6) is 5.75 Å². The van der Waals surface area contributed by atoms with Crippen LogP contribution in [0.15, 0.2) is 18.2 Å². The van der Waals surface area contributed by atoms with Crippen molar-refractivity contribution in [2.24, 2.45) is 0 Å². The van der Waals surface area contributed by atoms with Crippen LogP contribution in [-0.4, -0.2) is 30.3 Å². The minimum absolute atomic E-state index is 0.0488. The highest BCUT2D eigenvalue weighted by molar-refractivity contribution is 5.75. The van der Waals surface area contributed by atoms with Crippen molar-refractivity contribution in [1.29, 1.82) is 0 Å². The number of anilines is 1. The lowest BCUT2D eigenvalue weighted by Gasteiger charge is -2.35. The van der Waals surface area contributed by atoms with E-state index in [0.717, 1.165) is 6.42 Å². The van der Waals surface area contributed by atoms with Crippen LogP contribution in [0.4, 0.5) is 10.1 Å². The summed E-state index contributed by atoms with van der Waals surface area (Å²) in [6.07, 6.45) is 0.736. The minimum atomic E-state index is -0.933. The van der Waals surface area contributed by atoms with E-state index >= 15 is 0 Å². The maximum atomic E-state index is 13.2. The minimum Gasteiger partial charge on any atom is -0.486 e. The number of ether oxygens (including phenoxy) is 1. The number of aliphatic carboxylic acids is 1. The van der Waals surface area contributed by atoms with E-state index in [-0.39, 0.29) is 12.6 Å². The maximum Gasteiger partial charge on any atom is 0.323 e. The molecule has 2 rings (SSSR count). The molecule has 1 atom stereocenters. The van der Waals surface area contributed by atoms with Gasteiger partial charge in [-0.3, -0.25) is 4.79 Å². The van der Waals surface area contributed by atoms with Crippen LogP contribution in [0.25, 0.3) is 0 Å². The molecular formula is C12H14FNO3. The molecule has 17 heavy (non-hydrogen) atoms. The highest BCUT2D eigenvalue weighted by atomic mass is 19.1. The number of hydrogen-bond donors (Lipinski definition) is 1. The van der Waals surface area contributed by atoms with E-state index in [9.17, 15) is 9.18 Å². The van der Waals surface area contributed by atoms with Crippen LogP contribution in [0.1, 0.15) is 13.3 Å². The van der Waals surface area contributed by atoms with Gasteiger partial charge in [-0.25, -0.2) is 4.39 Å². The normalized spacial score (nSPS) is 18.5. The summed E-state index contributed by atoms with van der Waals surface area (Å²) in [5.74, 6) is -0.777. The molecule has 1 aromatic rings. The van der Waals surface area contributed by atoms with Gasteiger partial charge < -0.3 is 14.7 Å². The third-order valence-electron chi connectivity index (χ3n) is 2.76. The van der Waals surface area contributed by atoms with Gasteiger partial charge in [0.2, 0.25) is 0 Å². The molecule has 0 aromatic heterocycles. The van der Waals surface area contributed by atoms with Crippen molar-refractivity contribution in [3.8, 4) is 5.75 Å². The van der Waals surface area contributed by atoms with Crippen LogP contribution in [0, 0.1) is 5.82 Å². The number of rotatable bonds is 3. The standard InChI is InChI=1S/C12H14FNO3/c1-2-9-6-14(7-12(15)16)10-5-8(13)3-4-11(10)17-9/h3-5,9H,2,6-7H2,1H3,(H,15,16). The summed E-state index contributed by atoms with van der Waals surface area (Å²) in [4.78, 5) is 12.4. The molecule has 0 saturated heterocycles. The highest BCUT2D eigenvalue weighted by Gasteiger charge is 2.26. The summed E-state index contributed by atoms with van der Waals surface area (Å²) < 4.78 is 18.8. The molecule has 1 aromatic carbocycles. The average molecular weight is 239 g/mol. The van der Waals surface area contributed by atoms with Gasteiger partial charge in [0.15, 0.2) is 0 Å². The van der Waals surface area contributed by atoms with Crippen LogP contribution in [0.3, 0.4) is 0 Å². The smallest absolute Gasteiger partial charge is 0.323 e. The second-order valence-corrected chi connectivity index (χ2v) is 4.03. The van der Waals surface area contributed by atoms with Gasteiger partial charge >= 0.3 is 5.97 Å². The lowest BCUT2D eigenvalue weighted by atomic mass is 10.1. The Bertz CT molecular complexity index is 436. The molecule has 92 valence electrons. The molecule has 0 saturated carbocycles. The fourth-order valence-corrected chi connectivity index (χ4v) is 1.92. The molecule has 0 aliphatic carbocycles. The molecule has 0 fully saturated rings. The van der Waals surface area contributed by atoms with E-state index in [1.165, 1.54) is 12.1 Å². The summed E-state index contributed by atoms with van der Waals surface area (Å²) >= 11 is 0. The first-order valence-electron chi connectivity index (χ1n) is 5.53. The average Bonchev–Trinajstić information content (AvgIpc) is 2.28. The number of carbonyl (C=O) groups is 1. The first kappa shape index (κ1) is 11.7. The van der Waals surface area contributed by atoms with Crippen molar-refractivity contribution in [2.45, 2.75) is 19.4 Å². The zero-order valence-corrected chi connectivity index (χ0v) is 9.52. The van der Waals surface area contributed by atoms with Gasteiger partial charge in [-0.1, -0.05) is 6.92 Å². The number of benzene rings is 1. The number of halogens is 1. The van der Waals surface area contributed by atoms with E-state index < -0.39 is 11.8 Å². The molecule has 0 spiro atoms. The predicted molar refractivity (Wildman–Crippen MR) is 61.0 cm³/mol. The van der Waals surface area contributed by atoms with Crippen molar-refractivity contribution in [3.63, 3.8) is 0 Å². The summed E-state index contributed by atoms with van der Waals surface area (Å²) in [6, 6.07) is 4.17. The van der Waals surface area contributed by atoms with E-state index in [4.69, 9.17) is 9.84 Å². The molecule has 0 radical (unpaired) electrons. The van der Waals surface area contributed by atoms with Crippen molar-refractivity contribution in [1.82, 2.24) is 0 Å². The van der Waals surface area contributed by atoms with Crippen molar-refractivity contribution >= 4 is 11.7 Å². The molecule has 5 heteroatoms. The third kappa shape index (κ3) is 2.49.